The van der Waals surface area contributed by atoms with Gasteiger partial charge in [-0.05, 0) is 48.6 Å². The third kappa shape index (κ3) is 5.29. The molecule has 0 bridgehead atoms. The maximum atomic E-state index is 12.2. The summed E-state index contributed by atoms with van der Waals surface area (Å²) in [4.78, 5) is 17.7. The molecule has 2 aromatic heterocycles. The smallest absolute Gasteiger partial charge is 0.261 e. The minimum atomic E-state index is -0.0313. The second-order valence-electron chi connectivity index (χ2n) is 7.36. The highest BCUT2D eigenvalue weighted by Crippen LogP contribution is 2.26. The third-order valence-corrected chi connectivity index (χ3v) is 6.08. The van der Waals surface area contributed by atoms with Gasteiger partial charge in [-0.15, -0.1) is 11.3 Å². The van der Waals surface area contributed by atoms with Gasteiger partial charge in [0.2, 0.25) is 0 Å². The summed E-state index contributed by atoms with van der Waals surface area (Å²) in [5.41, 5.74) is 2.11. The molecule has 7 heteroatoms. The highest BCUT2D eigenvalue weighted by atomic mass is 32.1. The number of para-hydroxylation sites is 4. The van der Waals surface area contributed by atoms with E-state index in [4.69, 9.17) is 14.5 Å². The van der Waals surface area contributed by atoms with Crippen LogP contribution in [0.2, 0.25) is 0 Å². The summed E-state index contributed by atoms with van der Waals surface area (Å²) >= 11 is 1.45. The number of imidazole rings is 1. The minimum Gasteiger partial charge on any atom is -0.493 e. The molecule has 0 aliphatic rings. The van der Waals surface area contributed by atoms with E-state index in [-0.39, 0.29) is 5.91 Å². The first-order valence-electron chi connectivity index (χ1n) is 10.8. The average Bonchev–Trinajstić information content (AvgIpc) is 3.48. The molecule has 2 heterocycles. The number of nitrogens with zero attached hydrogens (tertiary/aromatic N) is 2. The van der Waals surface area contributed by atoms with Crippen LogP contribution in [-0.2, 0) is 13.0 Å². The number of nitrogens with one attached hydrogen (secondary N) is 1. The van der Waals surface area contributed by atoms with Gasteiger partial charge in [-0.3, -0.25) is 4.79 Å². The van der Waals surface area contributed by atoms with Crippen molar-refractivity contribution in [2.24, 2.45) is 0 Å². The molecule has 4 aromatic rings. The standard InChI is InChI=1S/C25H27N3O3S/c1-30-21-11-4-5-12-22(21)31-17-7-6-16-28-20-10-3-2-9-19(20)27-24(28)14-15-26-25(29)23-13-8-18-32-23/h2-5,8-13,18H,6-7,14-17H2,1H3,(H,26,29). The molecule has 32 heavy (non-hydrogen) atoms. The largest absolute Gasteiger partial charge is 0.493 e. The van der Waals surface area contributed by atoms with Crippen LogP contribution in [0.1, 0.15) is 28.3 Å². The van der Waals surface area contributed by atoms with Crippen molar-refractivity contribution in [3.8, 4) is 11.5 Å². The lowest BCUT2D eigenvalue weighted by atomic mass is 10.2. The lowest BCUT2D eigenvalue weighted by molar-refractivity contribution is 0.0958. The number of hydrogen-bond donors (Lipinski definition) is 1. The van der Waals surface area contributed by atoms with Gasteiger partial charge in [-0.2, -0.15) is 0 Å². The third-order valence-electron chi connectivity index (χ3n) is 5.22. The van der Waals surface area contributed by atoms with Crippen molar-refractivity contribution in [1.29, 1.82) is 0 Å². The van der Waals surface area contributed by atoms with Crippen molar-refractivity contribution in [3.05, 3.63) is 76.7 Å². The van der Waals surface area contributed by atoms with E-state index in [1.807, 2.05) is 60.0 Å². The van der Waals surface area contributed by atoms with Crippen LogP contribution in [0.25, 0.3) is 11.0 Å². The van der Waals surface area contributed by atoms with E-state index in [0.717, 1.165) is 52.6 Å². The fraction of sp³-hybridized carbons (Fsp3) is 0.280. The number of aromatic nitrogens is 2. The van der Waals surface area contributed by atoms with Crippen molar-refractivity contribution >= 4 is 28.3 Å². The Morgan fingerprint density at radius 3 is 2.66 bits per heavy atom. The van der Waals surface area contributed by atoms with Crippen LogP contribution >= 0.6 is 11.3 Å². The molecule has 166 valence electrons. The molecule has 1 N–H and O–H groups in total. The Hall–Kier alpha value is -3.32. The fourth-order valence-corrected chi connectivity index (χ4v) is 4.28. The molecule has 0 radical (unpaired) electrons. The van der Waals surface area contributed by atoms with Crippen molar-refractivity contribution in [2.75, 3.05) is 20.3 Å². The summed E-state index contributed by atoms with van der Waals surface area (Å²) in [6.07, 6.45) is 2.56. The number of fused-ring (bicyclic) bond motifs is 1. The topological polar surface area (TPSA) is 65.4 Å². The normalized spacial score (nSPS) is 10.9. The van der Waals surface area contributed by atoms with Gasteiger partial charge in [0.1, 0.15) is 5.82 Å². The van der Waals surface area contributed by atoms with E-state index in [1.165, 1.54) is 11.3 Å². The van der Waals surface area contributed by atoms with Gasteiger partial charge < -0.3 is 19.4 Å². The Balaban J connectivity index is 1.33. The number of ether oxygens (including phenoxy) is 2. The summed E-state index contributed by atoms with van der Waals surface area (Å²) in [6, 6.07) is 19.6. The maximum absolute atomic E-state index is 12.2. The fourth-order valence-electron chi connectivity index (χ4n) is 3.64. The molecule has 0 aliphatic carbocycles. The lowest BCUT2D eigenvalue weighted by Gasteiger charge is -2.12. The quantitative estimate of drug-likeness (QED) is 0.330. The number of benzene rings is 2. The maximum Gasteiger partial charge on any atom is 0.261 e. The van der Waals surface area contributed by atoms with Crippen molar-refractivity contribution < 1.29 is 14.3 Å². The van der Waals surface area contributed by atoms with Crippen molar-refractivity contribution in [1.82, 2.24) is 14.9 Å². The number of aryl methyl sites for hydroxylation is 1. The van der Waals surface area contributed by atoms with Gasteiger partial charge in [-0.1, -0.05) is 30.3 Å². The molecule has 1 amide bonds. The summed E-state index contributed by atoms with van der Waals surface area (Å²) in [5.74, 6) is 2.48. The lowest BCUT2D eigenvalue weighted by Crippen LogP contribution is -2.25. The molecule has 0 unspecified atom stereocenters. The zero-order chi connectivity index (χ0) is 22.2. The molecule has 0 saturated heterocycles. The minimum absolute atomic E-state index is 0.0313. The van der Waals surface area contributed by atoms with E-state index < -0.39 is 0 Å². The van der Waals surface area contributed by atoms with E-state index >= 15 is 0 Å². The monoisotopic (exact) mass is 449 g/mol. The number of rotatable bonds is 11. The SMILES string of the molecule is COc1ccccc1OCCCCn1c(CCNC(=O)c2cccs2)nc2ccccc21. The number of amides is 1. The molecule has 2 aromatic carbocycles. The van der Waals surface area contributed by atoms with Gasteiger partial charge in [0.15, 0.2) is 11.5 Å². The van der Waals surface area contributed by atoms with Crippen molar-refractivity contribution in [3.63, 3.8) is 0 Å². The van der Waals surface area contributed by atoms with Crippen molar-refractivity contribution in [2.45, 2.75) is 25.8 Å². The summed E-state index contributed by atoms with van der Waals surface area (Å²) in [5, 5.41) is 4.91. The summed E-state index contributed by atoms with van der Waals surface area (Å²) in [7, 11) is 1.65. The number of thiophene rings is 1. The number of carbonyl (C=O) groups is 1. The molecule has 0 saturated carbocycles. The molecule has 0 fully saturated rings. The van der Waals surface area contributed by atoms with Crippen LogP contribution in [0, 0.1) is 0 Å². The van der Waals surface area contributed by atoms with E-state index in [9.17, 15) is 4.79 Å². The molecule has 4 rings (SSSR count). The highest BCUT2D eigenvalue weighted by molar-refractivity contribution is 7.12. The Morgan fingerprint density at radius 2 is 1.84 bits per heavy atom. The second-order valence-corrected chi connectivity index (χ2v) is 8.31. The molecule has 0 atom stereocenters. The zero-order valence-electron chi connectivity index (χ0n) is 18.1. The molecule has 6 nitrogen and oxygen atoms in total. The van der Waals surface area contributed by atoms with Crippen LogP contribution in [0.4, 0.5) is 0 Å². The van der Waals surface area contributed by atoms with E-state index in [0.29, 0.717) is 19.6 Å². The second kappa shape index (κ2) is 10.8. The average molecular weight is 450 g/mol. The van der Waals surface area contributed by atoms with Crippen LogP contribution < -0.4 is 14.8 Å². The number of unbranched alkanes of at least 4 members (excludes halogenated alkanes) is 1. The van der Waals surface area contributed by atoms with E-state index in [2.05, 4.69) is 16.0 Å². The first-order valence-corrected chi connectivity index (χ1v) is 11.7. The predicted octanol–water partition coefficient (Wildman–Crippen LogP) is 4.94. The van der Waals surface area contributed by atoms with Crippen LogP contribution in [0.15, 0.2) is 66.0 Å². The number of hydrogen-bond acceptors (Lipinski definition) is 5. The van der Waals surface area contributed by atoms with Gasteiger partial charge in [0, 0.05) is 19.5 Å². The Morgan fingerprint density at radius 1 is 1.03 bits per heavy atom. The first kappa shape index (κ1) is 21.9. The van der Waals surface area contributed by atoms with Gasteiger partial charge in [0.25, 0.3) is 5.91 Å². The van der Waals surface area contributed by atoms with Crippen LogP contribution in [-0.4, -0.2) is 35.7 Å². The van der Waals surface area contributed by atoms with Crippen LogP contribution in [0.3, 0.4) is 0 Å². The molecule has 0 spiro atoms. The molecular weight excluding hydrogens is 422 g/mol. The Kier molecular flexibility index (Phi) is 7.40. The van der Waals surface area contributed by atoms with Gasteiger partial charge in [-0.25, -0.2) is 4.98 Å². The summed E-state index contributed by atoms with van der Waals surface area (Å²) < 4.78 is 13.5. The predicted molar refractivity (Wildman–Crippen MR) is 128 cm³/mol. The Labute approximate surface area is 191 Å². The van der Waals surface area contributed by atoms with Crippen LogP contribution in [0.5, 0.6) is 11.5 Å². The highest BCUT2D eigenvalue weighted by Gasteiger charge is 2.12. The number of carbonyl (C=O) groups excluding carboxylic acids is 1. The first-order chi connectivity index (χ1) is 15.8. The zero-order valence-corrected chi connectivity index (χ0v) is 18.9. The molecule has 0 aliphatic heterocycles. The summed E-state index contributed by atoms with van der Waals surface area (Å²) in [6.45, 7) is 2.03. The number of methoxy groups -OCH3 is 1. The van der Waals surface area contributed by atoms with Gasteiger partial charge in [0.05, 0.1) is 29.6 Å². The van der Waals surface area contributed by atoms with Gasteiger partial charge >= 0.3 is 0 Å². The van der Waals surface area contributed by atoms with E-state index in [1.54, 1.807) is 7.11 Å². The molecular formula is C25H27N3O3S. The Bertz CT molecular complexity index is 1150.